The number of allylic oxidation sites excluding steroid dienone is 1. The number of hydrogen-bond donors (Lipinski definition) is 5. The van der Waals surface area contributed by atoms with Gasteiger partial charge >= 0.3 is 0 Å². The summed E-state index contributed by atoms with van der Waals surface area (Å²) in [6.07, 6.45) is 4.86. The fourth-order valence-corrected chi connectivity index (χ4v) is 10.4. The highest BCUT2D eigenvalue weighted by molar-refractivity contribution is 7.13. The van der Waals surface area contributed by atoms with Gasteiger partial charge in [0.15, 0.2) is 11.5 Å². The lowest BCUT2D eigenvalue weighted by Crippen LogP contribution is -2.57. The average molecular weight is 1060 g/mol. The zero-order chi connectivity index (χ0) is 54.1. The maximum atomic E-state index is 14.1. The van der Waals surface area contributed by atoms with Gasteiger partial charge in [0.05, 0.1) is 34.4 Å². The maximum Gasteiger partial charge on any atom is 0.278 e. The Morgan fingerprint density at radius 3 is 2.36 bits per heavy atom. The van der Waals surface area contributed by atoms with Gasteiger partial charge in [-0.25, -0.2) is 24.3 Å². The molecule has 3 atom stereocenters. The molecule has 5 N–H and O–H groups in total. The number of rotatable bonds is 22. The lowest BCUT2D eigenvalue weighted by Gasteiger charge is -2.36. The molecule has 2 unspecified atom stereocenters. The molecule has 2 fully saturated rings. The van der Waals surface area contributed by atoms with Crippen molar-refractivity contribution in [1.82, 2.24) is 49.7 Å². The minimum Gasteiger partial charge on any atom is -0.391 e. The molecule has 2 aromatic carbocycles. The summed E-state index contributed by atoms with van der Waals surface area (Å²) in [5, 5.41) is 30.8. The van der Waals surface area contributed by atoms with Crippen LogP contribution in [0.25, 0.3) is 27.3 Å². The van der Waals surface area contributed by atoms with E-state index in [1.807, 2.05) is 69.6 Å². The Bertz CT molecular complexity index is 3020. The first-order valence-electron chi connectivity index (χ1n) is 26.1. The van der Waals surface area contributed by atoms with Crippen LogP contribution in [0.4, 0.5) is 17.3 Å². The van der Waals surface area contributed by atoms with Gasteiger partial charge in [-0.2, -0.15) is 4.98 Å². The van der Waals surface area contributed by atoms with Gasteiger partial charge in [0.25, 0.3) is 5.56 Å². The number of nitrogens with zero attached hydrogens (tertiary/aromatic N) is 9. The summed E-state index contributed by atoms with van der Waals surface area (Å²) in [6.45, 7) is 21.0. The number of amides is 3. The molecule has 0 radical (unpaired) electrons. The van der Waals surface area contributed by atoms with Crippen molar-refractivity contribution in [3.05, 3.63) is 118 Å². The molecule has 19 nitrogen and oxygen atoms in total. The SMILES string of the molecule is C=CCn1c(=O)c2cnc(Nc3ccc(N4CCN(CCCOCCCCC(=O)N[C@H](C(=O)N5CC(O)CC5C(=O)NCc5ccc(-c6scnc6C)cc5)C(C)(C)C)CC4)cc3)nc2n1-c1cccc(C(C)(C)O)n1. The highest BCUT2D eigenvalue weighted by atomic mass is 32.1. The number of pyridine rings is 1. The van der Waals surface area contributed by atoms with Crippen molar-refractivity contribution in [2.24, 2.45) is 5.41 Å². The second-order valence-corrected chi connectivity index (χ2v) is 22.1. The van der Waals surface area contributed by atoms with E-state index < -0.39 is 29.2 Å². The number of thiazole rings is 1. The molecule has 76 heavy (non-hydrogen) atoms. The molecule has 2 aliphatic rings. The third-order valence-corrected chi connectivity index (χ3v) is 14.8. The summed E-state index contributed by atoms with van der Waals surface area (Å²) in [7, 11) is 0. The van der Waals surface area contributed by atoms with E-state index in [1.165, 1.54) is 15.8 Å². The predicted molar refractivity (Wildman–Crippen MR) is 296 cm³/mol. The average Bonchev–Trinajstić information content (AvgIpc) is 4.18. The maximum absolute atomic E-state index is 14.1. The van der Waals surface area contributed by atoms with Crippen molar-refractivity contribution in [2.45, 2.75) is 111 Å². The Kier molecular flexibility index (Phi) is 17.8. The molecule has 404 valence electrons. The van der Waals surface area contributed by atoms with Crippen molar-refractivity contribution in [2.75, 3.05) is 62.7 Å². The van der Waals surface area contributed by atoms with E-state index in [0.717, 1.165) is 72.2 Å². The molecule has 2 saturated heterocycles. The zero-order valence-corrected chi connectivity index (χ0v) is 45.3. The monoisotopic (exact) mass is 1060 g/mol. The Morgan fingerprint density at radius 2 is 1.67 bits per heavy atom. The number of likely N-dealkylation sites (tertiary alicyclic amines) is 1. The van der Waals surface area contributed by atoms with E-state index in [-0.39, 0.29) is 55.8 Å². The van der Waals surface area contributed by atoms with Crippen LogP contribution in [0.15, 0.2) is 95.9 Å². The van der Waals surface area contributed by atoms with Gasteiger partial charge in [-0.3, -0.25) is 24.1 Å². The first kappa shape index (κ1) is 55.4. The summed E-state index contributed by atoms with van der Waals surface area (Å²) >= 11 is 1.58. The summed E-state index contributed by atoms with van der Waals surface area (Å²) < 4.78 is 9.08. The van der Waals surface area contributed by atoms with Crippen molar-refractivity contribution >= 4 is 57.4 Å². The quantitative estimate of drug-likeness (QED) is 0.0384. The number of aryl methyl sites for hydroxylation is 1. The molecule has 0 aliphatic carbocycles. The Morgan fingerprint density at radius 1 is 0.934 bits per heavy atom. The van der Waals surface area contributed by atoms with Gasteiger partial charge in [0.1, 0.15) is 23.1 Å². The van der Waals surface area contributed by atoms with Crippen LogP contribution in [0.3, 0.4) is 0 Å². The van der Waals surface area contributed by atoms with E-state index in [0.29, 0.717) is 54.5 Å². The number of β-amino-alcohol motifs (C(OH)–C–C–N with tert-alkyl or cyclic N) is 1. The second kappa shape index (κ2) is 24.4. The molecular weight excluding hydrogens is 985 g/mol. The third kappa shape index (κ3) is 13.6. The van der Waals surface area contributed by atoms with Crippen molar-refractivity contribution in [3.63, 3.8) is 0 Å². The van der Waals surface area contributed by atoms with E-state index in [4.69, 9.17) is 9.72 Å². The number of aliphatic hydroxyl groups is 2. The van der Waals surface area contributed by atoms with Gasteiger partial charge in [-0.05, 0) is 93.0 Å². The number of nitrogens with one attached hydrogen (secondary N) is 3. The standard InChI is InChI=1S/C56H72N12O7S/c1-8-24-67-52(72)43-34-58-54(63-50(43)68(67)46-14-11-13-45(61-46)56(6,7)74)60-40-20-22-41(23-21-40)65-28-26-64(27-29-65)25-12-31-75-30-10-9-15-47(70)62-49(55(3,4)5)53(73)66-35-42(69)32-44(66)51(71)57-33-38-16-18-39(19-17-38)48-37(2)59-36-76-48/h8,11,13-14,16-23,34,36,42,44,49,69,74H,1,9-10,12,15,24-33,35H2,2-7H3,(H,57,71)(H,62,70)(H,58,60,63)/t42?,44?,49-/m1/s1. The van der Waals surface area contributed by atoms with Crippen LogP contribution >= 0.6 is 11.3 Å². The number of carbonyl (C=O) groups is 3. The van der Waals surface area contributed by atoms with Crippen LogP contribution in [0.5, 0.6) is 0 Å². The van der Waals surface area contributed by atoms with Gasteiger partial charge < -0.3 is 40.7 Å². The van der Waals surface area contributed by atoms with Gasteiger partial charge in [0.2, 0.25) is 23.7 Å². The fraction of sp³-hybridized carbons (Fsp3) is 0.464. The summed E-state index contributed by atoms with van der Waals surface area (Å²) in [5.74, 6) is -0.207. The largest absolute Gasteiger partial charge is 0.391 e. The number of aliphatic hydroxyl groups excluding tert-OH is 1. The number of anilines is 3. The number of fused-ring (bicyclic) bond motifs is 1. The number of piperazine rings is 1. The van der Waals surface area contributed by atoms with Gasteiger partial charge in [0, 0.05) is 89.4 Å². The van der Waals surface area contributed by atoms with Gasteiger partial charge in [-0.1, -0.05) is 57.2 Å². The van der Waals surface area contributed by atoms with E-state index in [1.54, 1.807) is 54.1 Å². The van der Waals surface area contributed by atoms with Crippen molar-refractivity contribution in [1.29, 1.82) is 0 Å². The Hall–Kier alpha value is -6.84. The molecule has 6 aromatic rings. The minimum absolute atomic E-state index is 0.0185. The normalized spacial score (nSPS) is 16.7. The van der Waals surface area contributed by atoms with Crippen LogP contribution < -0.4 is 26.4 Å². The van der Waals surface area contributed by atoms with E-state index in [2.05, 4.69) is 59.4 Å². The molecule has 0 spiro atoms. The molecule has 0 bridgehead atoms. The molecular formula is C56H72N12O7S. The zero-order valence-electron chi connectivity index (χ0n) is 44.5. The molecule has 6 heterocycles. The van der Waals surface area contributed by atoms with Crippen LogP contribution in [0, 0.1) is 12.3 Å². The fourth-order valence-electron chi connectivity index (χ4n) is 9.60. The molecule has 8 rings (SSSR count). The summed E-state index contributed by atoms with van der Waals surface area (Å²) in [4.78, 5) is 79.7. The van der Waals surface area contributed by atoms with Crippen LogP contribution in [-0.4, -0.2) is 138 Å². The first-order valence-corrected chi connectivity index (χ1v) is 27.0. The van der Waals surface area contributed by atoms with Gasteiger partial charge in [-0.15, -0.1) is 17.9 Å². The minimum atomic E-state index is -1.18. The summed E-state index contributed by atoms with van der Waals surface area (Å²) in [6, 6.07) is 19.6. The molecule has 20 heteroatoms. The number of benzene rings is 2. The lowest BCUT2D eigenvalue weighted by molar-refractivity contribution is -0.144. The highest BCUT2D eigenvalue weighted by Gasteiger charge is 2.44. The number of aromatic nitrogens is 6. The number of unbranched alkanes of at least 4 members (excludes halogenated alkanes) is 1. The summed E-state index contributed by atoms with van der Waals surface area (Å²) in [5.41, 5.74) is 5.40. The Labute approximate surface area is 448 Å². The third-order valence-electron chi connectivity index (χ3n) is 13.8. The van der Waals surface area contributed by atoms with Crippen LogP contribution in [0.1, 0.15) is 83.7 Å². The number of carbonyl (C=O) groups excluding carboxylic acids is 3. The second-order valence-electron chi connectivity index (χ2n) is 21.2. The number of ether oxygens (including phenoxy) is 1. The smallest absolute Gasteiger partial charge is 0.278 e. The van der Waals surface area contributed by atoms with Crippen molar-refractivity contribution < 1.29 is 29.3 Å². The highest BCUT2D eigenvalue weighted by Crippen LogP contribution is 2.30. The van der Waals surface area contributed by atoms with E-state index in [9.17, 15) is 29.4 Å². The van der Waals surface area contributed by atoms with Crippen molar-refractivity contribution in [3.8, 4) is 16.3 Å². The van der Waals surface area contributed by atoms with E-state index >= 15 is 0 Å². The molecule has 4 aromatic heterocycles. The van der Waals surface area contributed by atoms with Crippen LogP contribution in [-0.2, 0) is 37.8 Å². The predicted octanol–water partition coefficient (Wildman–Crippen LogP) is 6.07. The van der Waals surface area contributed by atoms with Crippen LogP contribution in [0.2, 0.25) is 0 Å². The lowest BCUT2D eigenvalue weighted by atomic mass is 9.85. The molecule has 3 amide bonds. The molecule has 0 saturated carbocycles. The topological polar surface area (TPSA) is 225 Å². The first-order chi connectivity index (χ1) is 36.4. The molecule has 2 aliphatic heterocycles. The Balaban J connectivity index is 0.726. The number of hydrogen-bond acceptors (Lipinski definition) is 15.